The van der Waals surface area contributed by atoms with Crippen LogP contribution < -0.4 is 5.32 Å². The van der Waals surface area contributed by atoms with Gasteiger partial charge in [-0.25, -0.2) is 4.79 Å². The topological polar surface area (TPSA) is 69.6 Å². The Morgan fingerprint density at radius 3 is 2.65 bits per heavy atom. The lowest BCUT2D eigenvalue weighted by molar-refractivity contribution is -0.150. The quantitative estimate of drug-likeness (QED) is 0.819. The molecule has 5 heteroatoms. The standard InChI is InChI=1S/C15H24N2O3/c18-14(9-11-5-3-7-16-11)17-12-6-2-1-4-10(12)8-13(17)15(19)20/h10-13,16H,1-9H2,(H,19,20). The lowest BCUT2D eigenvalue weighted by atomic mass is 9.84. The number of hydrogen-bond acceptors (Lipinski definition) is 3. The van der Waals surface area contributed by atoms with Gasteiger partial charge < -0.3 is 15.3 Å². The van der Waals surface area contributed by atoms with Gasteiger partial charge >= 0.3 is 5.97 Å². The Bertz CT molecular complexity index is 393. The van der Waals surface area contributed by atoms with Crippen LogP contribution in [0.15, 0.2) is 0 Å². The van der Waals surface area contributed by atoms with Crippen molar-refractivity contribution in [2.24, 2.45) is 5.92 Å². The summed E-state index contributed by atoms with van der Waals surface area (Å²) >= 11 is 0. The van der Waals surface area contributed by atoms with Crippen LogP contribution in [0.4, 0.5) is 0 Å². The Kier molecular flexibility index (Phi) is 3.96. The van der Waals surface area contributed by atoms with Gasteiger partial charge in [0.2, 0.25) is 5.91 Å². The van der Waals surface area contributed by atoms with Gasteiger partial charge in [0.1, 0.15) is 6.04 Å². The van der Waals surface area contributed by atoms with E-state index in [1.165, 1.54) is 6.42 Å². The van der Waals surface area contributed by atoms with E-state index < -0.39 is 12.0 Å². The molecule has 0 aromatic carbocycles. The summed E-state index contributed by atoms with van der Waals surface area (Å²) in [6.45, 7) is 0.979. The van der Waals surface area contributed by atoms with Gasteiger partial charge in [0, 0.05) is 18.5 Å². The molecule has 2 heterocycles. The Labute approximate surface area is 119 Å². The molecular formula is C15H24N2O3. The zero-order chi connectivity index (χ0) is 14.1. The molecule has 3 rings (SSSR count). The van der Waals surface area contributed by atoms with Crippen molar-refractivity contribution < 1.29 is 14.7 Å². The van der Waals surface area contributed by atoms with Gasteiger partial charge in [-0.1, -0.05) is 12.8 Å². The van der Waals surface area contributed by atoms with E-state index in [0.717, 1.165) is 38.6 Å². The van der Waals surface area contributed by atoms with Crippen LogP contribution in [-0.2, 0) is 9.59 Å². The number of nitrogens with one attached hydrogen (secondary N) is 1. The van der Waals surface area contributed by atoms with Crippen molar-refractivity contribution in [3.05, 3.63) is 0 Å². The summed E-state index contributed by atoms with van der Waals surface area (Å²) in [6.07, 6.45) is 7.64. The molecule has 5 nitrogen and oxygen atoms in total. The number of carbonyl (C=O) groups is 2. The van der Waals surface area contributed by atoms with E-state index in [4.69, 9.17) is 0 Å². The van der Waals surface area contributed by atoms with Crippen molar-refractivity contribution >= 4 is 11.9 Å². The molecule has 4 unspecified atom stereocenters. The third-order valence-electron chi connectivity index (χ3n) is 5.24. The fourth-order valence-electron chi connectivity index (χ4n) is 4.29. The van der Waals surface area contributed by atoms with Crippen molar-refractivity contribution in [2.75, 3.05) is 6.54 Å². The van der Waals surface area contributed by atoms with Crippen LogP contribution in [0.5, 0.6) is 0 Å². The van der Waals surface area contributed by atoms with Crippen molar-refractivity contribution in [1.82, 2.24) is 10.2 Å². The highest BCUT2D eigenvalue weighted by Gasteiger charge is 2.47. The van der Waals surface area contributed by atoms with Crippen LogP contribution >= 0.6 is 0 Å². The van der Waals surface area contributed by atoms with Crippen molar-refractivity contribution in [3.63, 3.8) is 0 Å². The summed E-state index contributed by atoms with van der Waals surface area (Å²) in [5, 5.41) is 12.8. The number of carboxylic acid groups (broad SMARTS) is 1. The molecule has 2 aliphatic heterocycles. The molecule has 1 aliphatic carbocycles. The average molecular weight is 280 g/mol. The molecule has 112 valence electrons. The molecular weight excluding hydrogens is 256 g/mol. The van der Waals surface area contributed by atoms with Crippen LogP contribution in [0.2, 0.25) is 0 Å². The van der Waals surface area contributed by atoms with E-state index in [2.05, 4.69) is 5.32 Å². The molecule has 3 aliphatic rings. The SMILES string of the molecule is O=C(O)C1CC2CCCCC2N1C(=O)CC1CCCN1. The van der Waals surface area contributed by atoms with Crippen LogP contribution in [0, 0.1) is 5.92 Å². The third-order valence-corrected chi connectivity index (χ3v) is 5.24. The number of aliphatic carboxylic acids is 1. The number of nitrogens with zero attached hydrogens (tertiary/aromatic N) is 1. The zero-order valence-electron chi connectivity index (χ0n) is 11.9. The Morgan fingerprint density at radius 2 is 1.95 bits per heavy atom. The lowest BCUT2D eigenvalue weighted by Gasteiger charge is -2.33. The van der Waals surface area contributed by atoms with Crippen LogP contribution in [-0.4, -0.2) is 46.6 Å². The molecule has 0 spiro atoms. The molecule has 0 aromatic heterocycles. The molecule has 3 fully saturated rings. The maximum atomic E-state index is 12.6. The maximum Gasteiger partial charge on any atom is 0.326 e. The first-order valence-corrected chi connectivity index (χ1v) is 7.94. The van der Waals surface area contributed by atoms with E-state index in [0.29, 0.717) is 18.8 Å². The summed E-state index contributed by atoms with van der Waals surface area (Å²) in [5.74, 6) is -0.372. The second kappa shape index (κ2) is 5.72. The molecule has 0 bridgehead atoms. The smallest absolute Gasteiger partial charge is 0.326 e. The molecule has 20 heavy (non-hydrogen) atoms. The van der Waals surface area contributed by atoms with Crippen LogP contribution in [0.3, 0.4) is 0 Å². The fraction of sp³-hybridized carbons (Fsp3) is 0.867. The number of carbonyl (C=O) groups excluding carboxylic acids is 1. The van der Waals surface area contributed by atoms with E-state index in [1.807, 2.05) is 0 Å². The van der Waals surface area contributed by atoms with Gasteiger partial charge in [-0.05, 0) is 44.6 Å². The molecule has 1 amide bonds. The minimum atomic E-state index is -0.827. The van der Waals surface area contributed by atoms with E-state index in [1.54, 1.807) is 4.90 Å². The van der Waals surface area contributed by atoms with E-state index in [9.17, 15) is 14.7 Å². The zero-order valence-corrected chi connectivity index (χ0v) is 11.9. The van der Waals surface area contributed by atoms with Gasteiger partial charge in [-0.3, -0.25) is 4.79 Å². The number of likely N-dealkylation sites (tertiary alicyclic amines) is 1. The number of carboxylic acids is 1. The summed E-state index contributed by atoms with van der Waals surface area (Å²) in [7, 11) is 0. The predicted octanol–water partition coefficient (Wildman–Crippen LogP) is 1.37. The molecule has 2 saturated heterocycles. The van der Waals surface area contributed by atoms with E-state index >= 15 is 0 Å². The molecule has 1 saturated carbocycles. The Balaban J connectivity index is 1.72. The average Bonchev–Trinajstić information content (AvgIpc) is 3.04. The van der Waals surface area contributed by atoms with Gasteiger partial charge in [-0.15, -0.1) is 0 Å². The highest BCUT2D eigenvalue weighted by Crippen LogP contribution is 2.40. The highest BCUT2D eigenvalue weighted by molar-refractivity contribution is 5.85. The highest BCUT2D eigenvalue weighted by atomic mass is 16.4. The van der Waals surface area contributed by atoms with Crippen LogP contribution in [0.25, 0.3) is 0 Å². The van der Waals surface area contributed by atoms with E-state index in [-0.39, 0.29) is 18.0 Å². The summed E-state index contributed by atoms with van der Waals surface area (Å²) in [4.78, 5) is 25.8. The minimum Gasteiger partial charge on any atom is -0.480 e. The largest absolute Gasteiger partial charge is 0.480 e. The monoisotopic (exact) mass is 280 g/mol. The minimum absolute atomic E-state index is 0.0474. The maximum absolute atomic E-state index is 12.6. The second-order valence-corrected chi connectivity index (χ2v) is 6.50. The molecule has 4 atom stereocenters. The first kappa shape index (κ1) is 13.9. The van der Waals surface area contributed by atoms with Gasteiger partial charge in [0.15, 0.2) is 0 Å². The number of amides is 1. The van der Waals surface area contributed by atoms with Crippen molar-refractivity contribution in [1.29, 1.82) is 0 Å². The van der Waals surface area contributed by atoms with Gasteiger partial charge in [-0.2, -0.15) is 0 Å². The summed E-state index contributed by atoms with van der Waals surface area (Å²) in [5.41, 5.74) is 0. The normalized spacial score (nSPS) is 36.9. The Morgan fingerprint density at radius 1 is 1.15 bits per heavy atom. The van der Waals surface area contributed by atoms with Crippen LogP contribution in [0.1, 0.15) is 51.4 Å². The summed E-state index contributed by atoms with van der Waals surface area (Å²) < 4.78 is 0. The molecule has 0 aromatic rings. The predicted molar refractivity (Wildman–Crippen MR) is 74.3 cm³/mol. The summed E-state index contributed by atoms with van der Waals surface area (Å²) in [6, 6.07) is -0.157. The lowest BCUT2D eigenvalue weighted by Crippen LogP contribution is -2.47. The molecule has 0 radical (unpaired) electrons. The second-order valence-electron chi connectivity index (χ2n) is 6.50. The van der Waals surface area contributed by atoms with Gasteiger partial charge in [0.05, 0.1) is 0 Å². The third kappa shape index (κ3) is 2.55. The van der Waals surface area contributed by atoms with Crippen molar-refractivity contribution in [3.8, 4) is 0 Å². The first-order valence-electron chi connectivity index (χ1n) is 7.94. The number of rotatable bonds is 3. The molecule has 2 N–H and O–H groups in total. The number of fused-ring (bicyclic) bond motifs is 1. The van der Waals surface area contributed by atoms with Gasteiger partial charge in [0.25, 0.3) is 0 Å². The Hall–Kier alpha value is -1.10. The number of hydrogen-bond donors (Lipinski definition) is 2. The van der Waals surface area contributed by atoms with Crippen molar-refractivity contribution in [2.45, 2.75) is 69.5 Å². The fourth-order valence-corrected chi connectivity index (χ4v) is 4.29. The first-order chi connectivity index (χ1) is 9.66.